The van der Waals surface area contributed by atoms with Gasteiger partial charge in [-0.05, 0) is 18.1 Å². The molecule has 4 heteroatoms. The van der Waals surface area contributed by atoms with Crippen molar-refractivity contribution in [2.75, 3.05) is 20.7 Å². The van der Waals surface area contributed by atoms with E-state index in [1.54, 1.807) is 32.2 Å². The van der Waals surface area contributed by atoms with Crippen LogP contribution in [-0.2, 0) is 11.2 Å². The second-order valence-corrected chi connectivity index (χ2v) is 3.40. The van der Waals surface area contributed by atoms with Crippen molar-refractivity contribution >= 4 is 5.91 Å². The highest BCUT2D eigenvalue weighted by molar-refractivity contribution is 5.72. The minimum atomic E-state index is 0.0796. The van der Waals surface area contributed by atoms with Crippen LogP contribution < -0.4 is 4.74 Å². The Kier molecular flexibility index (Phi) is 4.09. The van der Waals surface area contributed by atoms with E-state index in [0.717, 1.165) is 12.0 Å². The maximum Gasteiger partial charge on any atom is 0.219 e. The molecule has 1 aromatic heterocycles. The number of amides is 1. The van der Waals surface area contributed by atoms with Crippen molar-refractivity contribution in [1.29, 1.82) is 0 Å². The third kappa shape index (κ3) is 3.58. The SMILES string of the molecule is COc1cc(CCN(C)C(C)=O)ccn1. The van der Waals surface area contributed by atoms with Crippen LogP contribution >= 0.6 is 0 Å². The number of carbonyl (C=O) groups is 1. The van der Waals surface area contributed by atoms with Crippen LogP contribution in [0.4, 0.5) is 0 Å². The third-order valence-electron chi connectivity index (χ3n) is 2.28. The maximum atomic E-state index is 11.0. The van der Waals surface area contributed by atoms with Gasteiger partial charge < -0.3 is 9.64 Å². The summed E-state index contributed by atoms with van der Waals surface area (Å²) in [4.78, 5) is 16.7. The molecule has 1 heterocycles. The number of ether oxygens (including phenoxy) is 1. The van der Waals surface area contributed by atoms with Gasteiger partial charge in [0.1, 0.15) is 0 Å². The third-order valence-corrected chi connectivity index (χ3v) is 2.28. The molecule has 0 bridgehead atoms. The number of pyridine rings is 1. The Morgan fingerprint density at radius 2 is 2.33 bits per heavy atom. The fraction of sp³-hybridized carbons (Fsp3) is 0.455. The first-order valence-electron chi connectivity index (χ1n) is 4.84. The van der Waals surface area contributed by atoms with Gasteiger partial charge in [0.15, 0.2) is 0 Å². The predicted molar refractivity (Wildman–Crippen MR) is 57.8 cm³/mol. The van der Waals surface area contributed by atoms with E-state index in [2.05, 4.69) is 4.98 Å². The Bertz CT molecular complexity index is 339. The van der Waals surface area contributed by atoms with Gasteiger partial charge in [-0.15, -0.1) is 0 Å². The van der Waals surface area contributed by atoms with Gasteiger partial charge in [0.05, 0.1) is 7.11 Å². The molecule has 0 radical (unpaired) electrons. The average molecular weight is 208 g/mol. The van der Waals surface area contributed by atoms with Gasteiger partial charge in [-0.25, -0.2) is 4.98 Å². The lowest BCUT2D eigenvalue weighted by atomic mass is 10.2. The molecule has 1 rings (SSSR count). The van der Waals surface area contributed by atoms with E-state index in [1.807, 2.05) is 12.1 Å². The summed E-state index contributed by atoms with van der Waals surface area (Å²) in [6, 6.07) is 3.81. The topological polar surface area (TPSA) is 42.4 Å². The van der Waals surface area contributed by atoms with E-state index in [-0.39, 0.29) is 5.91 Å². The lowest BCUT2D eigenvalue weighted by Gasteiger charge is -2.14. The number of likely N-dealkylation sites (N-methyl/N-ethyl adjacent to an activating group) is 1. The molecule has 82 valence electrons. The summed E-state index contributed by atoms with van der Waals surface area (Å²) in [5.74, 6) is 0.689. The lowest BCUT2D eigenvalue weighted by Crippen LogP contribution is -2.26. The van der Waals surface area contributed by atoms with Gasteiger partial charge >= 0.3 is 0 Å². The van der Waals surface area contributed by atoms with Crippen LogP contribution in [0.15, 0.2) is 18.3 Å². The zero-order valence-electron chi connectivity index (χ0n) is 9.36. The lowest BCUT2D eigenvalue weighted by molar-refractivity contribution is -0.127. The van der Waals surface area contributed by atoms with Gasteiger partial charge in [0.25, 0.3) is 0 Å². The summed E-state index contributed by atoms with van der Waals surface area (Å²) in [5.41, 5.74) is 1.12. The molecule has 0 saturated carbocycles. The number of rotatable bonds is 4. The number of aromatic nitrogens is 1. The second kappa shape index (κ2) is 5.34. The summed E-state index contributed by atoms with van der Waals surface area (Å²) < 4.78 is 5.02. The Morgan fingerprint density at radius 1 is 1.60 bits per heavy atom. The first kappa shape index (κ1) is 11.5. The second-order valence-electron chi connectivity index (χ2n) is 3.40. The molecule has 0 saturated heterocycles. The first-order chi connectivity index (χ1) is 7.13. The molecule has 4 nitrogen and oxygen atoms in total. The van der Waals surface area contributed by atoms with Crippen molar-refractivity contribution in [2.24, 2.45) is 0 Å². The van der Waals surface area contributed by atoms with E-state index in [9.17, 15) is 4.79 Å². The number of nitrogens with zero attached hydrogens (tertiary/aromatic N) is 2. The first-order valence-corrected chi connectivity index (χ1v) is 4.84. The van der Waals surface area contributed by atoms with E-state index in [1.165, 1.54) is 0 Å². The molecular formula is C11H16N2O2. The van der Waals surface area contributed by atoms with Crippen molar-refractivity contribution in [3.8, 4) is 5.88 Å². The van der Waals surface area contributed by atoms with Crippen molar-refractivity contribution in [1.82, 2.24) is 9.88 Å². The van der Waals surface area contributed by atoms with Crippen LogP contribution in [0.1, 0.15) is 12.5 Å². The average Bonchev–Trinajstić information content (AvgIpc) is 2.26. The Morgan fingerprint density at radius 3 is 2.93 bits per heavy atom. The fourth-order valence-electron chi connectivity index (χ4n) is 1.17. The molecule has 1 aromatic rings. The molecule has 15 heavy (non-hydrogen) atoms. The summed E-state index contributed by atoms with van der Waals surface area (Å²) in [5, 5.41) is 0. The van der Waals surface area contributed by atoms with Crippen LogP contribution in [0.3, 0.4) is 0 Å². The molecule has 0 aliphatic carbocycles. The van der Waals surface area contributed by atoms with E-state index >= 15 is 0 Å². The summed E-state index contributed by atoms with van der Waals surface area (Å²) >= 11 is 0. The number of carbonyl (C=O) groups excluding carboxylic acids is 1. The largest absolute Gasteiger partial charge is 0.481 e. The molecule has 0 aliphatic rings. The zero-order chi connectivity index (χ0) is 11.3. The van der Waals surface area contributed by atoms with Crippen LogP contribution in [0.5, 0.6) is 5.88 Å². The van der Waals surface area contributed by atoms with Gasteiger partial charge in [-0.2, -0.15) is 0 Å². The fourth-order valence-corrected chi connectivity index (χ4v) is 1.17. The molecule has 0 unspecified atom stereocenters. The Labute approximate surface area is 89.9 Å². The number of hydrogen-bond donors (Lipinski definition) is 0. The van der Waals surface area contributed by atoms with Crippen LogP contribution in [-0.4, -0.2) is 36.5 Å². The molecule has 0 spiro atoms. The highest BCUT2D eigenvalue weighted by Crippen LogP contribution is 2.09. The van der Waals surface area contributed by atoms with E-state index in [4.69, 9.17) is 4.74 Å². The van der Waals surface area contributed by atoms with Gasteiger partial charge in [-0.1, -0.05) is 0 Å². The quantitative estimate of drug-likeness (QED) is 0.744. The van der Waals surface area contributed by atoms with Gasteiger partial charge in [0, 0.05) is 32.8 Å². The van der Waals surface area contributed by atoms with Crippen molar-refractivity contribution in [2.45, 2.75) is 13.3 Å². The Hall–Kier alpha value is -1.58. The highest BCUT2D eigenvalue weighted by Gasteiger charge is 2.03. The molecule has 1 amide bonds. The standard InChI is InChI=1S/C11H16N2O2/c1-9(14)13(2)7-5-10-4-6-12-11(8-10)15-3/h4,6,8H,5,7H2,1-3H3. The maximum absolute atomic E-state index is 11.0. The zero-order valence-corrected chi connectivity index (χ0v) is 9.36. The number of methoxy groups -OCH3 is 1. The smallest absolute Gasteiger partial charge is 0.219 e. The van der Waals surface area contributed by atoms with Crippen LogP contribution in [0.25, 0.3) is 0 Å². The summed E-state index contributed by atoms with van der Waals surface area (Å²) in [6.45, 7) is 2.27. The molecule has 0 aliphatic heterocycles. The van der Waals surface area contributed by atoms with E-state index in [0.29, 0.717) is 12.4 Å². The van der Waals surface area contributed by atoms with Gasteiger partial charge in [0.2, 0.25) is 11.8 Å². The summed E-state index contributed by atoms with van der Waals surface area (Å²) in [7, 11) is 3.38. The van der Waals surface area contributed by atoms with Crippen LogP contribution in [0.2, 0.25) is 0 Å². The predicted octanol–water partition coefficient (Wildman–Crippen LogP) is 1.11. The van der Waals surface area contributed by atoms with E-state index < -0.39 is 0 Å². The van der Waals surface area contributed by atoms with Gasteiger partial charge in [-0.3, -0.25) is 4.79 Å². The van der Waals surface area contributed by atoms with Crippen molar-refractivity contribution in [3.05, 3.63) is 23.9 Å². The minimum absolute atomic E-state index is 0.0796. The molecule has 0 fully saturated rings. The van der Waals surface area contributed by atoms with Crippen LogP contribution in [0, 0.1) is 0 Å². The minimum Gasteiger partial charge on any atom is -0.481 e. The molecule has 0 atom stereocenters. The summed E-state index contributed by atoms with van der Waals surface area (Å²) in [6.07, 6.45) is 2.52. The highest BCUT2D eigenvalue weighted by atomic mass is 16.5. The van der Waals surface area contributed by atoms with Crippen molar-refractivity contribution < 1.29 is 9.53 Å². The molecular weight excluding hydrogens is 192 g/mol. The number of hydrogen-bond acceptors (Lipinski definition) is 3. The monoisotopic (exact) mass is 208 g/mol. The Balaban J connectivity index is 2.53. The normalized spacial score (nSPS) is 9.80. The molecule has 0 N–H and O–H groups in total. The molecule has 0 aromatic carbocycles. The van der Waals surface area contributed by atoms with Crippen molar-refractivity contribution in [3.63, 3.8) is 0 Å².